The average molecular weight is 344 g/mol. The smallest absolute Gasteiger partial charge is 0.305 e. The Morgan fingerprint density at radius 3 is 2.20 bits per heavy atom. The highest BCUT2D eigenvalue weighted by Gasteiger charge is 2.39. The molecule has 15 heavy (non-hydrogen) atoms. The highest BCUT2D eigenvalue weighted by atomic mass is 127. The predicted octanol–water partition coefficient (Wildman–Crippen LogP) is 3.29. The Morgan fingerprint density at radius 2 is 1.93 bits per heavy atom. The van der Waals surface area contributed by atoms with Gasteiger partial charge in [0.15, 0.2) is 8.32 Å². The van der Waals surface area contributed by atoms with E-state index in [2.05, 4.69) is 56.5 Å². The molecule has 90 valence electrons. The molecular weight excluding hydrogens is 323 g/mol. The molecule has 0 saturated carbocycles. The summed E-state index contributed by atoms with van der Waals surface area (Å²) in [5.74, 6) is -0.782. The van der Waals surface area contributed by atoms with E-state index >= 15 is 0 Å². The number of aliphatic carboxylic acids is 1. The number of hydrogen-bond acceptors (Lipinski definition) is 2. The van der Waals surface area contributed by atoms with Crippen LogP contribution < -0.4 is 0 Å². The van der Waals surface area contributed by atoms with Crippen molar-refractivity contribution in [2.24, 2.45) is 0 Å². The Bertz CT molecular complexity index is 223. The number of halogens is 1. The van der Waals surface area contributed by atoms with Crippen LogP contribution in [0.5, 0.6) is 0 Å². The van der Waals surface area contributed by atoms with Crippen LogP contribution in [-0.4, -0.2) is 29.9 Å². The standard InChI is InChI=1S/C10H21IO3Si/c1-10(2,3)15(4,5)14-8(7-11)6-9(12)13/h8H,6-7H2,1-5H3,(H,12,13)/t8-/m0/s1. The molecular formula is C10H21IO3Si. The maximum atomic E-state index is 10.6. The topological polar surface area (TPSA) is 46.5 Å². The number of carbonyl (C=O) groups is 1. The van der Waals surface area contributed by atoms with Crippen molar-refractivity contribution in [3.63, 3.8) is 0 Å². The van der Waals surface area contributed by atoms with Gasteiger partial charge in [0.25, 0.3) is 0 Å². The first kappa shape index (κ1) is 15.4. The van der Waals surface area contributed by atoms with Gasteiger partial charge in [-0.1, -0.05) is 43.4 Å². The van der Waals surface area contributed by atoms with Crippen LogP contribution in [0.25, 0.3) is 0 Å². The zero-order valence-electron chi connectivity index (χ0n) is 10.1. The highest BCUT2D eigenvalue weighted by Crippen LogP contribution is 2.37. The van der Waals surface area contributed by atoms with Crippen molar-refractivity contribution in [1.82, 2.24) is 0 Å². The van der Waals surface area contributed by atoms with Crippen molar-refractivity contribution in [2.75, 3.05) is 4.43 Å². The Labute approximate surface area is 107 Å². The maximum Gasteiger partial charge on any atom is 0.305 e. The Kier molecular flexibility index (Phi) is 5.77. The van der Waals surface area contributed by atoms with Gasteiger partial charge >= 0.3 is 5.97 Å². The lowest BCUT2D eigenvalue weighted by atomic mass is 10.2. The molecule has 0 rings (SSSR count). The van der Waals surface area contributed by atoms with Gasteiger partial charge in [0.05, 0.1) is 12.5 Å². The summed E-state index contributed by atoms with van der Waals surface area (Å²) >= 11 is 2.18. The third kappa shape index (κ3) is 5.30. The number of carboxylic acids is 1. The lowest BCUT2D eigenvalue weighted by Gasteiger charge is -2.38. The van der Waals surface area contributed by atoms with E-state index in [1.165, 1.54) is 0 Å². The quantitative estimate of drug-likeness (QED) is 0.473. The normalized spacial score (nSPS) is 15.1. The fourth-order valence-corrected chi connectivity index (χ4v) is 3.10. The van der Waals surface area contributed by atoms with E-state index in [-0.39, 0.29) is 17.6 Å². The molecule has 0 aliphatic rings. The van der Waals surface area contributed by atoms with Crippen LogP contribution in [0.4, 0.5) is 0 Å². The first-order valence-electron chi connectivity index (χ1n) is 5.05. The van der Waals surface area contributed by atoms with Crippen molar-refractivity contribution in [2.45, 2.75) is 51.4 Å². The largest absolute Gasteiger partial charge is 0.481 e. The third-order valence-electron chi connectivity index (χ3n) is 2.84. The molecule has 1 atom stereocenters. The zero-order valence-corrected chi connectivity index (χ0v) is 13.3. The van der Waals surface area contributed by atoms with Crippen molar-refractivity contribution in [3.8, 4) is 0 Å². The molecule has 0 aliphatic heterocycles. The first-order chi connectivity index (χ1) is 6.60. The summed E-state index contributed by atoms with van der Waals surface area (Å²) in [6.07, 6.45) is -0.0425. The lowest BCUT2D eigenvalue weighted by molar-refractivity contribution is -0.138. The van der Waals surface area contributed by atoms with Gasteiger partial charge in [0.1, 0.15) is 0 Å². The molecule has 0 bridgehead atoms. The minimum atomic E-state index is -1.82. The number of hydrogen-bond donors (Lipinski definition) is 1. The van der Waals surface area contributed by atoms with Crippen molar-refractivity contribution in [1.29, 1.82) is 0 Å². The van der Waals surface area contributed by atoms with Crippen LogP contribution in [0.3, 0.4) is 0 Å². The molecule has 5 heteroatoms. The van der Waals surface area contributed by atoms with Gasteiger partial charge in [-0.25, -0.2) is 0 Å². The van der Waals surface area contributed by atoms with E-state index in [1.807, 2.05) is 0 Å². The summed E-state index contributed by atoms with van der Waals surface area (Å²) in [4.78, 5) is 10.6. The summed E-state index contributed by atoms with van der Waals surface area (Å²) in [7, 11) is -1.82. The molecule has 0 unspecified atom stereocenters. The van der Waals surface area contributed by atoms with Crippen molar-refractivity contribution in [3.05, 3.63) is 0 Å². The molecule has 1 N–H and O–H groups in total. The minimum absolute atomic E-state index is 0.107. The van der Waals surface area contributed by atoms with E-state index in [4.69, 9.17) is 9.53 Å². The molecule has 0 radical (unpaired) electrons. The summed E-state index contributed by atoms with van der Waals surface area (Å²) < 4.78 is 6.75. The second-order valence-corrected chi connectivity index (χ2v) is 10.9. The SMILES string of the molecule is CC(C)(C)[Si](C)(C)O[C@H](CI)CC(=O)O. The van der Waals surface area contributed by atoms with E-state index in [0.29, 0.717) is 0 Å². The van der Waals surface area contributed by atoms with E-state index in [0.717, 1.165) is 4.43 Å². The van der Waals surface area contributed by atoms with Crippen LogP contribution in [-0.2, 0) is 9.22 Å². The van der Waals surface area contributed by atoms with Gasteiger partial charge in [0.2, 0.25) is 0 Å². The van der Waals surface area contributed by atoms with Crippen LogP contribution >= 0.6 is 22.6 Å². The average Bonchev–Trinajstić information content (AvgIpc) is 1.99. The van der Waals surface area contributed by atoms with E-state index in [9.17, 15) is 4.79 Å². The fraction of sp³-hybridized carbons (Fsp3) is 0.900. The fourth-order valence-electron chi connectivity index (χ4n) is 0.916. The van der Waals surface area contributed by atoms with Crippen LogP contribution in [0.1, 0.15) is 27.2 Å². The van der Waals surface area contributed by atoms with Crippen molar-refractivity contribution >= 4 is 36.9 Å². The molecule has 0 spiro atoms. The Balaban J connectivity index is 4.47. The minimum Gasteiger partial charge on any atom is -0.481 e. The molecule has 3 nitrogen and oxygen atoms in total. The van der Waals surface area contributed by atoms with Crippen LogP contribution in [0, 0.1) is 0 Å². The van der Waals surface area contributed by atoms with Gasteiger partial charge in [-0.15, -0.1) is 0 Å². The third-order valence-corrected chi connectivity index (χ3v) is 8.36. The monoisotopic (exact) mass is 344 g/mol. The Hall–Kier alpha value is 0.377. The van der Waals surface area contributed by atoms with Crippen LogP contribution in [0.15, 0.2) is 0 Å². The second-order valence-electron chi connectivity index (χ2n) is 5.25. The molecule has 0 heterocycles. The van der Waals surface area contributed by atoms with Crippen molar-refractivity contribution < 1.29 is 14.3 Å². The molecule has 0 aromatic rings. The molecule has 0 saturated heterocycles. The summed E-state index contributed by atoms with van der Waals surface area (Å²) in [6, 6.07) is 0. The number of carboxylic acid groups (broad SMARTS) is 1. The lowest BCUT2D eigenvalue weighted by Crippen LogP contribution is -2.44. The summed E-state index contributed by atoms with van der Waals surface area (Å²) in [6.45, 7) is 10.8. The molecule has 0 amide bonds. The van der Waals surface area contributed by atoms with E-state index < -0.39 is 14.3 Å². The van der Waals surface area contributed by atoms with Crippen LogP contribution in [0.2, 0.25) is 18.1 Å². The summed E-state index contributed by atoms with van der Waals surface area (Å²) in [5.41, 5.74) is 0. The molecule has 0 fully saturated rings. The molecule has 0 aromatic carbocycles. The molecule has 0 aliphatic carbocycles. The second kappa shape index (κ2) is 5.63. The summed E-state index contributed by atoms with van der Waals surface area (Å²) in [5, 5.41) is 8.88. The maximum absolute atomic E-state index is 10.6. The first-order valence-corrected chi connectivity index (χ1v) is 9.49. The zero-order chi connectivity index (χ0) is 12.3. The van der Waals surface area contributed by atoms with Gasteiger partial charge in [-0.05, 0) is 18.1 Å². The Morgan fingerprint density at radius 1 is 1.47 bits per heavy atom. The predicted molar refractivity (Wildman–Crippen MR) is 73.2 cm³/mol. The van der Waals surface area contributed by atoms with E-state index in [1.54, 1.807) is 0 Å². The van der Waals surface area contributed by atoms with Gasteiger partial charge in [0, 0.05) is 4.43 Å². The van der Waals surface area contributed by atoms with Gasteiger partial charge in [-0.2, -0.15) is 0 Å². The number of alkyl halides is 1. The van der Waals surface area contributed by atoms with Gasteiger partial charge in [-0.3, -0.25) is 4.79 Å². The highest BCUT2D eigenvalue weighted by molar-refractivity contribution is 14.1. The molecule has 0 aromatic heterocycles. The number of rotatable bonds is 5. The van der Waals surface area contributed by atoms with Gasteiger partial charge < -0.3 is 9.53 Å².